The van der Waals surface area contributed by atoms with E-state index >= 15 is 0 Å². The first-order valence-electron chi connectivity index (χ1n) is 8.53. The summed E-state index contributed by atoms with van der Waals surface area (Å²) < 4.78 is 0. The summed E-state index contributed by atoms with van der Waals surface area (Å²) in [6, 6.07) is 14.3. The highest BCUT2D eigenvalue weighted by atomic mass is 16.3. The highest BCUT2D eigenvalue weighted by molar-refractivity contribution is 6.22. The van der Waals surface area contributed by atoms with Gasteiger partial charge in [0, 0.05) is 6.42 Å². The maximum atomic E-state index is 12.8. The van der Waals surface area contributed by atoms with Gasteiger partial charge in [-0.1, -0.05) is 42.5 Å². The molecule has 0 unspecified atom stereocenters. The highest BCUT2D eigenvalue weighted by Gasteiger charge is 2.42. The lowest BCUT2D eigenvalue weighted by atomic mass is 10.0. The van der Waals surface area contributed by atoms with Crippen LogP contribution in [0.25, 0.3) is 4.98 Å². The molecule has 8 heteroatoms. The lowest BCUT2D eigenvalue weighted by molar-refractivity contribution is -0.124. The number of imide groups is 1. The van der Waals surface area contributed by atoms with Crippen molar-refractivity contribution in [2.24, 2.45) is 0 Å². The van der Waals surface area contributed by atoms with Crippen LogP contribution in [0.1, 0.15) is 26.3 Å². The van der Waals surface area contributed by atoms with Crippen LogP contribution in [-0.2, 0) is 11.2 Å². The van der Waals surface area contributed by atoms with Crippen LogP contribution >= 0.6 is 0 Å². The summed E-state index contributed by atoms with van der Waals surface area (Å²) in [6.45, 7) is -0.308. The summed E-state index contributed by atoms with van der Waals surface area (Å²) >= 11 is 0. The van der Waals surface area contributed by atoms with E-state index in [4.69, 9.17) is 5.39 Å². The molecule has 3 rings (SSSR count). The van der Waals surface area contributed by atoms with Gasteiger partial charge in [-0.3, -0.25) is 19.3 Å². The van der Waals surface area contributed by atoms with Gasteiger partial charge in [0.05, 0.1) is 17.7 Å². The first kappa shape index (κ1) is 18.8. The summed E-state index contributed by atoms with van der Waals surface area (Å²) in [5.41, 5.74) is 1.27. The molecule has 0 saturated heterocycles. The Morgan fingerprint density at radius 3 is 2.21 bits per heavy atom. The van der Waals surface area contributed by atoms with Gasteiger partial charge in [-0.2, -0.15) is 0 Å². The van der Waals surface area contributed by atoms with E-state index in [9.17, 15) is 19.5 Å². The molecular formula is C20H17N4O4+. The maximum Gasteiger partial charge on any atom is 0.389 e. The van der Waals surface area contributed by atoms with Gasteiger partial charge in [-0.25, -0.2) is 0 Å². The fourth-order valence-electron chi connectivity index (χ4n) is 3.04. The Morgan fingerprint density at radius 2 is 1.64 bits per heavy atom. The van der Waals surface area contributed by atoms with E-state index in [1.54, 1.807) is 48.5 Å². The van der Waals surface area contributed by atoms with Crippen LogP contribution in [0.3, 0.4) is 0 Å². The monoisotopic (exact) mass is 377 g/mol. The molecule has 0 spiro atoms. The van der Waals surface area contributed by atoms with Crippen molar-refractivity contribution in [3.63, 3.8) is 0 Å². The Balaban J connectivity index is 1.90. The number of nitrogens with zero attached hydrogens (tertiary/aromatic N) is 3. The van der Waals surface area contributed by atoms with Gasteiger partial charge >= 0.3 is 6.20 Å². The van der Waals surface area contributed by atoms with E-state index in [0.29, 0.717) is 0 Å². The third-order valence-corrected chi connectivity index (χ3v) is 4.36. The van der Waals surface area contributed by atoms with Crippen LogP contribution in [0.5, 0.6) is 0 Å². The minimum atomic E-state index is -1.10. The number of benzene rings is 2. The van der Waals surface area contributed by atoms with Gasteiger partial charge in [0.25, 0.3) is 11.8 Å². The highest BCUT2D eigenvalue weighted by Crippen LogP contribution is 2.26. The summed E-state index contributed by atoms with van der Waals surface area (Å²) in [7, 11) is 0. The number of hydrogen-bond acceptors (Lipinski definition) is 5. The zero-order valence-electron chi connectivity index (χ0n) is 14.8. The van der Waals surface area contributed by atoms with Crippen molar-refractivity contribution in [2.75, 3.05) is 6.54 Å². The number of hydrogen-bond donors (Lipinski definition) is 2. The zero-order chi connectivity index (χ0) is 20.1. The molecule has 2 aromatic rings. The number of nitrogens with one attached hydrogen (secondary N) is 1. The molecule has 1 heterocycles. The van der Waals surface area contributed by atoms with Gasteiger partial charge in [-0.05, 0) is 17.7 Å². The molecule has 1 aliphatic rings. The molecule has 0 fully saturated rings. The minimum absolute atomic E-state index is 0.118. The minimum Gasteiger partial charge on any atom is -0.504 e. The Bertz CT molecular complexity index is 960. The van der Waals surface area contributed by atoms with E-state index in [1.807, 2.05) is 6.07 Å². The van der Waals surface area contributed by atoms with Gasteiger partial charge < -0.3 is 10.4 Å². The molecule has 0 saturated carbocycles. The second-order valence-corrected chi connectivity index (χ2v) is 6.19. The Hall–Kier alpha value is -3.99. The number of aliphatic hydroxyl groups is 1. The van der Waals surface area contributed by atoms with Crippen molar-refractivity contribution < 1.29 is 19.5 Å². The number of rotatable bonds is 6. The smallest absolute Gasteiger partial charge is 0.389 e. The lowest BCUT2D eigenvalue weighted by Gasteiger charge is -2.25. The van der Waals surface area contributed by atoms with Gasteiger partial charge in [0.1, 0.15) is 6.04 Å². The van der Waals surface area contributed by atoms with Crippen molar-refractivity contribution in [2.45, 2.75) is 12.5 Å². The first-order chi connectivity index (χ1) is 13.5. The van der Waals surface area contributed by atoms with Crippen LogP contribution in [-0.4, -0.2) is 40.3 Å². The standard InChI is InChI=1S/C20H16N4O4/c21-23-12-14(25)11-22-18(26)17(10-13-6-2-1-3-7-13)24-19(27)15-8-4-5-9-16(15)20(24)28/h1-9,12,17H,10-11H2,(H-,22,25,26)/p+1/t17-/m1/s1. The Kier molecular flexibility index (Phi) is 5.46. The van der Waals surface area contributed by atoms with E-state index in [1.165, 1.54) is 0 Å². The van der Waals surface area contributed by atoms with Crippen LogP contribution in [0.2, 0.25) is 0 Å². The third-order valence-electron chi connectivity index (χ3n) is 4.36. The molecule has 28 heavy (non-hydrogen) atoms. The molecule has 0 aliphatic carbocycles. The van der Waals surface area contributed by atoms with Crippen LogP contribution in [0, 0.1) is 5.39 Å². The van der Waals surface area contributed by atoms with Crippen LogP contribution < -0.4 is 5.32 Å². The summed E-state index contributed by atoms with van der Waals surface area (Å²) in [5.74, 6) is -2.07. The van der Waals surface area contributed by atoms with E-state index < -0.39 is 23.8 Å². The predicted octanol–water partition coefficient (Wildman–Crippen LogP) is 2.26. The normalized spacial score (nSPS) is 14.4. The first-order valence-corrected chi connectivity index (χ1v) is 8.53. The van der Waals surface area contributed by atoms with Crippen molar-refractivity contribution in [3.8, 4) is 0 Å². The molecule has 1 aliphatic heterocycles. The summed E-state index contributed by atoms with van der Waals surface area (Å²) in [6.07, 6.45) is 0.890. The lowest BCUT2D eigenvalue weighted by Crippen LogP contribution is -2.51. The summed E-state index contributed by atoms with van der Waals surface area (Å²) in [5, 5.41) is 20.4. The molecule has 2 aromatic carbocycles. The molecule has 2 N–H and O–H groups in total. The molecule has 0 radical (unpaired) electrons. The average molecular weight is 377 g/mol. The zero-order valence-corrected chi connectivity index (χ0v) is 14.8. The van der Waals surface area contributed by atoms with E-state index in [0.717, 1.165) is 16.7 Å². The van der Waals surface area contributed by atoms with E-state index in [2.05, 4.69) is 10.3 Å². The Labute approximate surface area is 160 Å². The van der Waals surface area contributed by atoms with Crippen LogP contribution in [0.15, 0.2) is 66.6 Å². The molecule has 140 valence electrons. The molecule has 0 aromatic heterocycles. The second-order valence-electron chi connectivity index (χ2n) is 6.19. The molecule has 8 nitrogen and oxygen atoms in total. The quantitative estimate of drug-likeness (QED) is 0.455. The van der Waals surface area contributed by atoms with E-state index in [-0.39, 0.29) is 29.9 Å². The topological polar surface area (TPSA) is 115 Å². The number of carbonyl (C=O) groups excluding carboxylic acids is 3. The molecule has 1 atom stereocenters. The number of fused-ring (bicyclic) bond motifs is 1. The Morgan fingerprint density at radius 1 is 1.07 bits per heavy atom. The SMILES string of the molecule is N#[N+]C=C(O)CNC(=O)[C@@H](Cc1ccccc1)N1C(=O)c2ccccc2C1=O. The fraction of sp³-hybridized carbons (Fsp3) is 0.150. The average Bonchev–Trinajstić information content (AvgIpc) is 2.96. The van der Waals surface area contributed by atoms with Crippen molar-refractivity contribution in [1.29, 1.82) is 5.39 Å². The number of amides is 3. The van der Waals surface area contributed by atoms with Gasteiger partial charge in [0.2, 0.25) is 11.3 Å². The maximum absolute atomic E-state index is 12.8. The number of aliphatic hydroxyl groups excluding tert-OH is 1. The second kappa shape index (κ2) is 8.14. The largest absolute Gasteiger partial charge is 0.504 e. The van der Waals surface area contributed by atoms with Crippen molar-refractivity contribution >= 4 is 17.7 Å². The third kappa shape index (κ3) is 3.73. The molecular weight excluding hydrogens is 360 g/mol. The van der Waals surface area contributed by atoms with Gasteiger partial charge in [-0.15, -0.1) is 0 Å². The molecule has 0 bridgehead atoms. The number of diazo groups is 1. The summed E-state index contributed by atoms with van der Waals surface area (Å²) in [4.78, 5) is 42.0. The number of carbonyl (C=O) groups is 3. The van der Waals surface area contributed by atoms with Crippen molar-refractivity contribution in [3.05, 3.63) is 88.2 Å². The van der Waals surface area contributed by atoms with Crippen LogP contribution in [0.4, 0.5) is 0 Å². The predicted molar refractivity (Wildman–Crippen MR) is 99.7 cm³/mol. The fourth-order valence-corrected chi connectivity index (χ4v) is 3.04. The van der Waals surface area contributed by atoms with Crippen molar-refractivity contribution in [1.82, 2.24) is 10.2 Å². The molecule has 3 amide bonds. The van der Waals surface area contributed by atoms with Gasteiger partial charge in [0.15, 0.2) is 10.7 Å².